The summed E-state index contributed by atoms with van der Waals surface area (Å²) in [5.41, 5.74) is -3.14. The molecule has 0 spiro atoms. The van der Waals surface area contributed by atoms with Crippen LogP contribution < -0.4 is 16.3 Å². The van der Waals surface area contributed by atoms with Crippen molar-refractivity contribution in [3.63, 3.8) is 0 Å². The maximum atomic E-state index is 10.8. The van der Waals surface area contributed by atoms with Crippen molar-refractivity contribution in [2.75, 3.05) is 0 Å². The molecule has 0 fully saturated rings. The minimum Gasteiger partial charge on any atom is -0.504 e. The molecule has 0 saturated heterocycles. The highest BCUT2D eigenvalue weighted by Crippen LogP contribution is 2.03. The average molecular weight is 154 g/mol. The third kappa shape index (κ3) is 0.869. The summed E-state index contributed by atoms with van der Waals surface area (Å²) in [4.78, 5) is 32.0. The third-order valence-electron chi connectivity index (χ3n) is 1.54. The minimum atomic E-state index is -1.13. The average Bonchev–Trinajstić information content (AvgIpc) is 2.17. The Balaban J connectivity index is 3.77. The zero-order chi connectivity index (χ0) is 8.59. The van der Waals surface area contributed by atoms with E-state index < -0.39 is 22.0 Å². The Bertz CT molecular complexity index is 409. The van der Waals surface area contributed by atoms with Gasteiger partial charge in [0.05, 0.1) is 0 Å². The maximum absolute atomic E-state index is 10.8. The highest BCUT2D eigenvalue weighted by molar-refractivity contribution is 5.33. The van der Waals surface area contributed by atoms with E-state index in [1.54, 1.807) is 6.92 Å². The molecule has 1 aromatic carbocycles. The van der Waals surface area contributed by atoms with Gasteiger partial charge in [0.1, 0.15) is 0 Å². The zero-order valence-electron chi connectivity index (χ0n) is 5.88. The molecule has 0 saturated carbocycles. The van der Waals surface area contributed by atoms with Crippen molar-refractivity contribution in [3.05, 3.63) is 36.2 Å². The van der Waals surface area contributed by atoms with E-state index in [1.807, 2.05) is 0 Å². The molecule has 0 bridgehead atoms. The first-order valence-electron chi connectivity index (χ1n) is 3.15. The summed E-state index contributed by atoms with van der Waals surface area (Å²) in [5, 5.41) is 8.89. The van der Waals surface area contributed by atoms with E-state index in [2.05, 4.69) is 0 Å². The van der Waals surface area contributed by atoms with Gasteiger partial charge in [0, 0.05) is 5.56 Å². The second-order valence-corrected chi connectivity index (χ2v) is 2.17. The molecule has 4 heteroatoms. The van der Waals surface area contributed by atoms with Crippen molar-refractivity contribution in [1.29, 1.82) is 0 Å². The number of aromatic hydroxyl groups is 1. The predicted molar refractivity (Wildman–Crippen MR) is 38.7 cm³/mol. The molecule has 0 radical (unpaired) electrons. The molecule has 0 aliphatic carbocycles. The van der Waals surface area contributed by atoms with Gasteiger partial charge in [-0.25, -0.2) is 0 Å². The zero-order valence-corrected chi connectivity index (χ0v) is 5.88. The second-order valence-electron chi connectivity index (χ2n) is 2.17. The van der Waals surface area contributed by atoms with Gasteiger partial charge >= 0.3 is 0 Å². The maximum Gasteiger partial charge on any atom is 0.277 e. The molecule has 1 rings (SSSR count). The van der Waals surface area contributed by atoms with Crippen LogP contribution in [0.5, 0.6) is 5.75 Å². The molecule has 0 amide bonds. The van der Waals surface area contributed by atoms with Crippen LogP contribution in [0.1, 0.15) is 12.5 Å². The first kappa shape index (κ1) is 7.65. The lowest BCUT2D eigenvalue weighted by atomic mass is 10.2. The predicted octanol–water partition coefficient (Wildman–Crippen LogP) is -1.09. The van der Waals surface area contributed by atoms with Gasteiger partial charge in [-0.1, -0.05) is 6.92 Å². The van der Waals surface area contributed by atoms with Gasteiger partial charge in [0.2, 0.25) is 5.43 Å². The SMILES string of the molecule is CCc1c(O)c(=O)c(=O)c1=O. The third-order valence-corrected chi connectivity index (χ3v) is 1.54. The fraction of sp³-hybridized carbons (Fsp3) is 0.286. The molecule has 4 nitrogen and oxygen atoms in total. The van der Waals surface area contributed by atoms with Gasteiger partial charge in [0.25, 0.3) is 10.9 Å². The van der Waals surface area contributed by atoms with Crippen LogP contribution in [0.3, 0.4) is 0 Å². The van der Waals surface area contributed by atoms with Gasteiger partial charge < -0.3 is 5.11 Å². The van der Waals surface area contributed by atoms with E-state index in [4.69, 9.17) is 5.11 Å². The summed E-state index contributed by atoms with van der Waals surface area (Å²) in [6, 6.07) is 0. The first-order valence-corrected chi connectivity index (χ1v) is 3.15. The summed E-state index contributed by atoms with van der Waals surface area (Å²) in [7, 11) is 0. The molecule has 58 valence electrons. The summed E-state index contributed by atoms with van der Waals surface area (Å²) < 4.78 is 0. The monoisotopic (exact) mass is 154 g/mol. The Morgan fingerprint density at radius 3 is 1.82 bits per heavy atom. The smallest absolute Gasteiger partial charge is 0.277 e. The van der Waals surface area contributed by atoms with Crippen LogP contribution >= 0.6 is 0 Å². The van der Waals surface area contributed by atoms with Crippen molar-refractivity contribution in [3.8, 4) is 5.75 Å². The van der Waals surface area contributed by atoms with E-state index in [-0.39, 0.29) is 12.0 Å². The standard InChI is InChI=1S/C7H6O4/c1-2-3-4(8)6(10)7(11)5(3)9/h8H,2H2,1H3. The van der Waals surface area contributed by atoms with E-state index >= 15 is 0 Å². The molecule has 0 aromatic heterocycles. The van der Waals surface area contributed by atoms with Crippen molar-refractivity contribution < 1.29 is 5.11 Å². The molecular formula is C7H6O4. The Morgan fingerprint density at radius 2 is 1.64 bits per heavy atom. The van der Waals surface area contributed by atoms with E-state index in [0.29, 0.717) is 0 Å². The Kier molecular flexibility index (Phi) is 1.60. The highest BCUT2D eigenvalue weighted by atomic mass is 16.3. The van der Waals surface area contributed by atoms with E-state index in [9.17, 15) is 14.4 Å². The molecule has 0 unspecified atom stereocenters. The molecule has 1 N–H and O–H groups in total. The van der Waals surface area contributed by atoms with Gasteiger partial charge in [0.15, 0.2) is 5.75 Å². The van der Waals surface area contributed by atoms with Gasteiger partial charge in [-0.05, 0) is 6.42 Å². The van der Waals surface area contributed by atoms with E-state index in [1.165, 1.54) is 0 Å². The molecule has 0 heterocycles. The quantitative estimate of drug-likeness (QED) is 0.522. The summed E-state index contributed by atoms with van der Waals surface area (Å²) in [5.74, 6) is -0.678. The van der Waals surface area contributed by atoms with Crippen molar-refractivity contribution in [2.45, 2.75) is 13.3 Å². The highest BCUT2D eigenvalue weighted by Gasteiger charge is 2.16. The van der Waals surface area contributed by atoms with Crippen LogP contribution in [0.15, 0.2) is 14.4 Å². The van der Waals surface area contributed by atoms with Crippen LogP contribution in [-0.4, -0.2) is 5.11 Å². The van der Waals surface area contributed by atoms with Crippen molar-refractivity contribution >= 4 is 0 Å². The van der Waals surface area contributed by atoms with Crippen LogP contribution in [0, 0.1) is 0 Å². The molecule has 11 heavy (non-hydrogen) atoms. The van der Waals surface area contributed by atoms with Crippen molar-refractivity contribution in [2.24, 2.45) is 0 Å². The van der Waals surface area contributed by atoms with Crippen LogP contribution in [0.2, 0.25) is 0 Å². The molecule has 0 aliphatic heterocycles. The Hall–Kier alpha value is -1.45. The lowest BCUT2D eigenvalue weighted by Crippen LogP contribution is -2.30. The van der Waals surface area contributed by atoms with Crippen LogP contribution in [0.25, 0.3) is 0 Å². The van der Waals surface area contributed by atoms with Gasteiger partial charge in [-0.15, -0.1) is 0 Å². The summed E-state index contributed by atoms with van der Waals surface area (Å²) in [6.07, 6.45) is 0.210. The fourth-order valence-corrected chi connectivity index (χ4v) is 0.920. The number of hydrogen-bond donors (Lipinski definition) is 1. The molecule has 1 aromatic rings. The largest absolute Gasteiger partial charge is 0.504 e. The van der Waals surface area contributed by atoms with Crippen molar-refractivity contribution in [1.82, 2.24) is 0 Å². The number of rotatable bonds is 1. The number of hydrogen-bond acceptors (Lipinski definition) is 4. The Morgan fingerprint density at radius 1 is 1.09 bits per heavy atom. The van der Waals surface area contributed by atoms with E-state index in [0.717, 1.165) is 0 Å². The van der Waals surface area contributed by atoms with Crippen LogP contribution in [0.4, 0.5) is 0 Å². The van der Waals surface area contributed by atoms with Gasteiger partial charge in [-0.3, -0.25) is 14.4 Å². The normalized spacial score (nSPS) is 10.3. The lowest BCUT2D eigenvalue weighted by Gasteiger charge is -1.85. The first-order chi connectivity index (χ1) is 5.09. The molecular weight excluding hydrogens is 148 g/mol. The van der Waals surface area contributed by atoms with Gasteiger partial charge in [-0.2, -0.15) is 0 Å². The summed E-state index contributed by atoms with van der Waals surface area (Å²) in [6.45, 7) is 1.59. The topological polar surface area (TPSA) is 71.4 Å². The summed E-state index contributed by atoms with van der Waals surface area (Å²) >= 11 is 0. The second kappa shape index (κ2) is 2.30. The molecule has 0 atom stereocenters. The Labute approximate surface area is 61.4 Å². The van der Waals surface area contributed by atoms with Crippen LogP contribution in [-0.2, 0) is 6.42 Å². The molecule has 0 aliphatic rings. The minimum absolute atomic E-state index is 0.0694. The fourth-order valence-electron chi connectivity index (χ4n) is 0.920. The lowest BCUT2D eigenvalue weighted by molar-refractivity contribution is 0.466.